The highest BCUT2D eigenvalue weighted by molar-refractivity contribution is 6.02. The Bertz CT molecular complexity index is 553. The summed E-state index contributed by atoms with van der Waals surface area (Å²) in [6.07, 6.45) is 0. The van der Waals surface area contributed by atoms with E-state index >= 15 is 0 Å². The highest BCUT2D eigenvalue weighted by atomic mass is 15.1. The van der Waals surface area contributed by atoms with Gasteiger partial charge in [-0.15, -0.1) is 0 Å². The van der Waals surface area contributed by atoms with Gasteiger partial charge < -0.3 is 11.1 Å². The molecule has 2 rings (SSSR count). The number of fused-ring (bicyclic) bond motifs is 1. The number of nitrogens with one attached hydrogen (secondary N) is 1. The molecular weight excluding hydrogens is 222 g/mol. The Morgan fingerprint density at radius 3 is 2.67 bits per heavy atom. The van der Waals surface area contributed by atoms with Gasteiger partial charge >= 0.3 is 0 Å². The summed E-state index contributed by atoms with van der Waals surface area (Å²) in [5.74, 6) is 0.984. The first kappa shape index (κ1) is 12.4. The lowest BCUT2D eigenvalue weighted by Crippen LogP contribution is -2.23. The number of rotatable bonds is 3. The Kier molecular flexibility index (Phi) is 3.82. The smallest absolute Gasteiger partial charge is 0.193 e. The van der Waals surface area contributed by atoms with Crippen LogP contribution in [-0.4, -0.2) is 12.5 Å². The van der Waals surface area contributed by atoms with Crippen LogP contribution in [0.4, 0.5) is 5.69 Å². The van der Waals surface area contributed by atoms with Crippen LogP contribution >= 0.6 is 0 Å². The standard InChI is InChI=1S/C15H19N3/c1-11(2)10-17-15(16)18-14-9-5-7-12-6-3-4-8-13(12)14/h3-9,11H,10H2,1-2H3,(H3,16,17,18). The van der Waals surface area contributed by atoms with Crippen LogP contribution < -0.4 is 11.1 Å². The minimum absolute atomic E-state index is 0.472. The van der Waals surface area contributed by atoms with Crippen molar-refractivity contribution in [3.8, 4) is 0 Å². The summed E-state index contributed by atoms with van der Waals surface area (Å²) in [5, 5.41) is 5.52. The zero-order valence-corrected chi connectivity index (χ0v) is 10.9. The molecule has 0 aliphatic heterocycles. The SMILES string of the molecule is CC(C)CN=C(N)Nc1cccc2ccccc12. The molecule has 18 heavy (non-hydrogen) atoms. The van der Waals surface area contributed by atoms with Gasteiger partial charge in [-0.2, -0.15) is 0 Å². The van der Waals surface area contributed by atoms with Gasteiger partial charge in [0, 0.05) is 17.6 Å². The van der Waals surface area contributed by atoms with Gasteiger partial charge in [0.15, 0.2) is 5.96 Å². The van der Waals surface area contributed by atoms with E-state index in [0.717, 1.165) is 17.6 Å². The quantitative estimate of drug-likeness (QED) is 0.640. The molecule has 0 aromatic heterocycles. The van der Waals surface area contributed by atoms with Gasteiger partial charge in [-0.25, -0.2) is 0 Å². The average Bonchev–Trinajstić information content (AvgIpc) is 2.37. The molecule has 2 aromatic rings. The van der Waals surface area contributed by atoms with Crippen LogP contribution in [-0.2, 0) is 0 Å². The Labute approximate surface area is 108 Å². The highest BCUT2D eigenvalue weighted by Crippen LogP contribution is 2.22. The summed E-state index contributed by atoms with van der Waals surface area (Å²) in [6, 6.07) is 14.3. The van der Waals surface area contributed by atoms with Crippen LogP contribution in [0.2, 0.25) is 0 Å². The first-order valence-corrected chi connectivity index (χ1v) is 6.21. The molecule has 0 heterocycles. The number of anilines is 1. The van der Waals surface area contributed by atoms with Gasteiger partial charge in [-0.05, 0) is 17.4 Å². The van der Waals surface area contributed by atoms with Crippen LogP contribution in [0, 0.1) is 5.92 Å². The lowest BCUT2D eigenvalue weighted by atomic mass is 10.1. The van der Waals surface area contributed by atoms with Crippen LogP contribution in [0.1, 0.15) is 13.8 Å². The largest absolute Gasteiger partial charge is 0.370 e. The number of benzene rings is 2. The molecule has 0 aliphatic rings. The summed E-state index contributed by atoms with van der Waals surface area (Å²) in [4.78, 5) is 4.31. The van der Waals surface area contributed by atoms with E-state index in [4.69, 9.17) is 5.73 Å². The van der Waals surface area contributed by atoms with E-state index in [0.29, 0.717) is 11.9 Å². The van der Waals surface area contributed by atoms with Gasteiger partial charge in [-0.1, -0.05) is 50.2 Å². The number of hydrogen-bond donors (Lipinski definition) is 2. The van der Waals surface area contributed by atoms with Crippen LogP contribution in [0.5, 0.6) is 0 Å². The lowest BCUT2D eigenvalue weighted by Gasteiger charge is -2.09. The van der Waals surface area contributed by atoms with Gasteiger partial charge in [0.1, 0.15) is 0 Å². The zero-order chi connectivity index (χ0) is 13.0. The number of guanidine groups is 1. The predicted molar refractivity (Wildman–Crippen MR) is 78.9 cm³/mol. The number of hydrogen-bond acceptors (Lipinski definition) is 1. The molecule has 0 atom stereocenters. The maximum Gasteiger partial charge on any atom is 0.193 e. The van der Waals surface area contributed by atoms with Crippen LogP contribution in [0.25, 0.3) is 10.8 Å². The van der Waals surface area contributed by atoms with E-state index in [9.17, 15) is 0 Å². The second kappa shape index (κ2) is 5.54. The average molecular weight is 241 g/mol. The van der Waals surface area contributed by atoms with E-state index in [2.05, 4.69) is 42.4 Å². The summed E-state index contributed by atoms with van der Waals surface area (Å²) >= 11 is 0. The molecule has 94 valence electrons. The maximum absolute atomic E-state index is 5.88. The molecule has 3 heteroatoms. The monoisotopic (exact) mass is 241 g/mol. The minimum atomic E-state index is 0.472. The molecule has 0 saturated carbocycles. The van der Waals surface area contributed by atoms with E-state index < -0.39 is 0 Å². The fourth-order valence-electron chi connectivity index (χ4n) is 1.79. The van der Waals surface area contributed by atoms with Gasteiger partial charge in [0.05, 0.1) is 0 Å². The third-order valence-electron chi connectivity index (χ3n) is 2.68. The second-order valence-corrected chi connectivity index (χ2v) is 4.77. The molecule has 0 amide bonds. The fraction of sp³-hybridized carbons (Fsp3) is 0.267. The Morgan fingerprint density at radius 2 is 1.89 bits per heavy atom. The van der Waals surface area contributed by atoms with Gasteiger partial charge in [-0.3, -0.25) is 4.99 Å². The van der Waals surface area contributed by atoms with Gasteiger partial charge in [0.2, 0.25) is 0 Å². The second-order valence-electron chi connectivity index (χ2n) is 4.77. The van der Waals surface area contributed by atoms with Crippen molar-refractivity contribution >= 4 is 22.4 Å². The molecule has 0 spiro atoms. The number of aliphatic imine (C=N–C) groups is 1. The summed E-state index contributed by atoms with van der Waals surface area (Å²) in [5.41, 5.74) is 6.88. The molecular formula is C15H19N3. The Balaban J connectivity index is 2.24. The van der Waals surface area contributed by atoms with E-state index in [-0.39, 0.29) is 0 Å². The maximum atomic E-state index is 5.88. The molecule has 3 nitrogen and oxygen atoms in total. The first-order valence-electron chi connectivity index (χ1n) is 6.21. The van der Waals surface area contributed by atoms with Crippen molar-refractivity contribution in [3.63, 3.8) is 0 Å². The highest BCUT2D eigenvalue weighted by Gasteiger charge is 2.01. The molecule has 2 aromatic carbocycles. The third-order valence-corrected chi connectivity index (χ3v) is 2.68. The number of nitrogens with zero attached hydrogens (tertiary/aromatic N) is 1. The molecule has 0 aliphatic carbocycles. The van der Waals surface area contributed by atoms with Crippen molar-refractivity contribution < 1.29 is 0 Å². The van der Waals surface area contributed by atoms with E-state index in [1.807, 2.05) is 24.3 Å². The predicted octanol–water partition coefficient (Wildman–Crippen LogP) is 3.22. The molecule has 0 unspecified atom stereocenters. The number of nitrogens with two attached hydrogens (primary N) is 1. The molecule has 0 fully saturated rings. The molecule has 0 bridgehead atoms. The van der Waals surface area contributed by atoms with E-state index in [1.54, 1.807) is 0 Å². The van der Waals surface area contributed by atoms with Crippen molar-refractivity contribution in [1.82, 2.24) is 0 Å². The van der Waals surface area contributed by atoms with Crippen LogP contribution in [0.15, 0.2) is 47.5 Å². The van der Waals surface area contributed by atoms with Crippen molar-refractivity contribution in [2.45, 2.75) is 13.8 Å². The van der Waals surface area contributed by atoms with Crippen molar-refractivity contribution in [3.05, 3.63) is 42.5 Å². The zero-order valence-electron chi connectivity index (χ0n) is 10.9. The van der Waals surface area contributed by atoms with Crippen molar-refractivity contribution in [1.29, 1.82) is 0 Å². The lowest BCUT2D eigenvalue weighted by molar-refractivity contribution is 0.665. The van der Waals surface area contributed by atoms with Crippen LogP contribution in [0.3, 0.4) is 0 Å². The minimum Gasteiger partial charge on any atom is -0.370 e. The third kappa shape index (κ3) is 3.00. The molecule has 3 N–H and O–H groups in total. The topological polar surface area (TPSA) is 50.4 Å². The summed E-state index contributed by atoms with van der Waals surface area (Å²) < 4.78 is 0. The summed E-state index contributed by atoms with van der Waals surface area (Å²) in [7, 11) is 0. The van der Waals surface area contributed by atoms with Crippen molar-refractivity contribution in [2.75, 3.05) is 11.9 Å². The molecule has 0 radical (unpaired) electrons. The van der Waals surface area contributed by atoms with E-state index in [1.165, 1.54) is 5.39 Å². The fourth-order valence-corrected chi connectivity index (χ4v) is 1.79. The normalized spacial score (nSPS) is 12.1. The molecule has 0 saturated heterocycles. The summed E-state index contributed by atoms with van der Waals surface area (Å²) in [6.45, 7) is 4.98. The first-order chi connectivity index (χ1) is 8.66. The van der Waals surface area contributed by atoms with Crippen molar-refractivity contribution in [2.24, 2.45) is 16.6 Å². The van der Waals surface area contributed by atoms with Gasteiger partial charge in [0.25, 0.3) is 0 Å². The Morgan fingerprint density at radius 1 is 1.17 bits per heavy atom. The Hall–Kier alpha value is -2.03.